The summed E-state index contributed by atoms with van der Waals surface area (Å²) in [5, 5.41) is 2.67. The molecule has 0 aromatic heterocycles. The lowest BCUT2D eigenvalue weighted by atomic mass is 10.1. The molecule has 0 aliphatic rings. The number of aldehydes is 1. The van der Waals surface area contributed by atoms with Gasteiger partial charge in [-0.15, -0.1) is 0 Å². The molecule has 3 aromatic rings. The van der Waals surface area contributed by atoms with Gasteiger partial charge in [-0.3, -0.25) is 4.79 Å². The summed E-state index contributed by atoms with van der Waals surface area (Å²) >= 11 is 9.45. The molecule has 0 atom stereocenters. The van der Waals surface area contributed by atoms with Gasteiger partial charge in [0, 0.05) is 5.02 Å². The van der Waals surface area contributed by atoms with Gasteiger partial charge in [0.25, 0.3) is 0 Å². The van der Waals surface area contributed by atoms with E-state index in [0.29, 0.717) is 22.1 Å². The van der Waals surface area contributed by atoms with Crippen molar-refractivity contribution < 1.29 is 9.53 Å². The van der Waals surface area contributed by atoms with Crippen LogP contribution in [0.1, 0.15) is 10.4 Å². The van der Waals surface area contributed by atoms with Gasteiger partial charge in [0.05, 0.1) is 10.0 Å². The van der Waals surface area contributed by atoms with E-state index in [0.717, 1.165) is 21.5 Å². The van der Waals surface area contributed by atoms with Crippen molar-refractivity contribution in [2.75, 3.05) is 0 Å². The predicted molar refractivity (Wildman–Crippen MR) is 88.6 cm³/mol. The summed E-state index contributed by atoms with van der Waals surface area (Å²) in [4.78, 5) is 11.1. The lowest BCUT2D eigenvalue weighted by Gasteiger charge is -2.11. The SMILES string of the molecule is O=Cc1cc(Cl)ccc1Oc1ccc2ccccc2c1Br. The maximum absolute atomic E-state index is 11.1. The molecule has 4 heteroatoms. The summed E-state index contributed by atoms with van der Waals surface area (Å²) in [6.45, 7) is 0. The minimum absolute atomic E-state index is 0.419. The summed E-state index contributed by atoms with van der Waals surface area (Å²) < 4.78 is 6.71. The smallest absolute Gasteiger partial charge is 0.153 e. The Balaban J connectivity index is 2.06. The third kappa shape index (κ3) is 2.80. The van der Waals surface area contributed by atoms with Crippen molar-refractivity contribution >= 4 is 44.6 Å². The van der Waals surface area contributed by atoms with Crippen LogP contribution >= 0.6 is 27.5 Å². The fourth-order valence-electron chi connectivity index (χ4n) is 2.12. The molecule has 0 heterocycles. The summed E-state index contributed by atoms with van der Waals surface area (Å²) in [5.41, 5.74) is 0.419. The fourth-order valence-corrected chi connectivity index (χ4v) is 2.87. The zero-order valence-corrected chi connectivity index (χ0v) is 13.2. The highest BCUT2D eigenvalue weighted by Crippen LogP contribution is 2.36. The molecule has 2 nitrogen and oxygen atoms in total. The number of halogens is 2. The Morgan fingerprint density at radius 3 is 2.57 bits per heavy atom. The van der Waals surface area contributed by atoms with Crippen LogP contribution in [0.5, 0.6) is 11.5 Å². The zero-order chi connectivity index (χ0) is 14.8. The average Bonchev–Trinajstić information content (AvgIpc) is 2.51. The number of carbonyl (C=O) groups excluding carboxylic acids is 1. The molecule has 0 saturated carbocycles. The Labute approximate surface area is 135 Å². The Bertz CT molecular complexity index is 830. The topological polar surface area (TPSA) is 26.3 Å². The minimum Gasteiger partial charge on any atom is -0.455 e. The molecule has 0 aliphatic carbocycles. The Morgan fingerprint density at radius 1 is 1.00 bits per heavy atom. The van der Waals surface area contributed by atoms with Crippen molar-refractivity contribution in [2.24, 2.45) is 0 Å². The molecule has 3 rings (SSSR count). The van der Waals surface area contributed by atoms with Crippen LogP contribution in [-0.2, 0) is 0 Å². The summed E-state index contributed by atoms with van der Waals surface area (Å²) in [7, 11) is 0. The number of carbonyl (C=O) groups is 1. The van der Waals surface area contributed by atoms with Gasteiger partial charge in [-0.1, -0.05) is 41.9 Å². The van der Waals surface area contributed by atoms with Crippen LogP contribution in [0, 0.1) is 0 Å². The van der Waals surface area contributed by atoms with Gasteiger partial charge >= 0.3 is 0 Å². The molecular weight excluding hydrogens is 352 g/mol. The van der Waals surface area contributed by atoms with Crippen LogP contribution in [0.15, 0.2) is 59.1 Å². The summed E-state index contributed by atoms with van der Waals surface area (Å²) in [6, 6.07) is 16.8. The van der Waals surface area contributed by atoms with Gasteiger partial charge in [-0.25, -0.2) is 0 Å². The molecule has 0 radical (unpaired) electrons. The van der Waals surface area contributed by atoms with E-state index in [1.54, 1.807) is 18.2 Å². The third-order valence-corrected chi connectivity index (χ3v) is 4.20. The second kappa shape index (κ2) is 5.88. The van der Waals surface area contributed by atoms with E-state index in [9.17, 15) is 4.79 Å². The van der Waals surface area contributed by atoms with Crippen LogP contribution in [0.25, 0.3) is 10.8 Å². The number of benzene rings is 3. The van der Waals surface area contributed by atoms with E-state index in [-0.39, 0.29) is 0 Å². The largest absolute Gasteiger partial charge is 0.455 e. The second-order valence-electron chi connectivity index (χ2n) is 4.50. The van der Waals surface area contributed by atoms with Crippen LogP contribution in [0.4, 0.5) is 0 Å². The monoisotopic (exact) mass is 360 g/mol. The van der Waals surface area contributed by atoms with E-state index in [1.807, 2.05) is 36.4 Å². The first-order valence-electron chi connectivity index (χ1n) is 6.29. The van der Waals surface area contributed by atoms with E-state index in [4.69, 9.17) is 16.3 Å². The van der Waals surface area contributed by atoms with Crippen molar-refractivity contribution in [1.29, 1.82) is 0 Å². The quantitative estimate of drug-likeness (QED) is 0.546. The Hall–Kier alpha value is -1.84. The lowest BCUT2D eigenvalue weighted by molar-refractivity contribution is 0.112. The van der Waals surface area contributed by atoms with Gasteiger partial charge in [0.15, 0.2) is 6.29 Å². The number of fused-ring (bicyclic) bond motifs is 1. The molecule has 0 amide bonds. The van der Waals surface area contributed by atoms with Crippen LogP contribution < -0.4 is 4.74 Å². The Morgan fingerprint density at radius 2 is 1.76 bits per heavy atom. The fraction of sp³-hybridized carbons (Fsp3) is 0. The normalized spacial score (nSPS) is 10.6. The lowest BCUT2D eigenvalue weighted by Crippen LogP contribution is -1.91. The van der Waals surface area contributed by atoms with Crippen molar-refractivity contribution in [3.63, 3.8) is 0 Å². The van der Waals surface area contributed by atoms with E-state index >= 15 is 0 Å². The highest BCUT2D eigenvalue weighted by molar-refractivity contribution is 9.10. The van der Waals surface area contributed by atoms with E-state index in [1.165, 1.54) is 0 Å². The molecule has 0 N–H and O–H groups in total. The van der Waals surface area contributed by atoms with Crippen molar-refractivity contribution in [3.05, 3.63) is 69.7 Å². The molecular formula is C17H10BrClO2. The molecule has 0 saturated heterocycles. The first kappa shape index (κ1) is 14.1. The molecule has 0 fully saturated rings. The molecule has 104 valence electrons. The predicted octanol–water partition coefficient (Wildman–Crippen LogP) is 5.86. The molecule has 0 spiro atoms. The standard InChI is InChI=1S/C17H10BrClO2/c18-17-14-4-2-1-3-11(14)5-7-16(17)21-15-8-6-13(19)9-12(15)10-20/h1-10H. The second-order valence-corrected chi connectivity index (χ2v) is 5.73. The van der Waals surface area contributed by atoms with Crippen molar-refractivity contribution in [2.45, 2.75) is 0 Å². The average molecular weight is 362 g/mol. The molecule has 0 unspecified atom stereocenters. The van der Waals surface area contributed by atoms with Crippen LogP contribution in [0.3, 0.4) is 0 Å². The van der Waals surface area contributed by atoms with Gasteiger partial charge in [0.1, 0.15) is 11.5 Å². The minimum atomic E-state index is 0.419. The summed E-state index contributed by atoms with van der Waals surface area (Å²) in [6.07, 6.45) is 0.732. The van der Waals surface area contributed by atoms with Crippen molar-refractivity contribution in [3.8, 4) is 11.5 Å². The first-order valence-corrected chi connectivity index (χ1v) is 7.46. The van der Waals surface area contributed by atoms with Crippen LogP contribution in [0.2, 0.25) is 5.02 Å². The number of rotatable bonds is 3. The summed E-state index contributed by atoms with van der Waals surface area (Å²) in [5.74, 6) is 1.13. The third-order valence-electron chi connectivity index (χ3n) is 3.15. The van der Waals surface area contributed by atoms with Gasteiger partial charge in [-0.2, -0.15) is 0 Å². The molecule has 21 heavy (non-hydrogen) atoms. The number of hydrogen-bond donors (Lipinski definition) is 0. The maximum atomic E-state index is 11.1. The Kier molecular flexibility index (Phi) is 3.95. The van der Waals surface area contributed by atoms with Gasteiger partial charge in [0.2, 0.25) is 0 Å². The van der Waals surface area contributed by atoms with Crippen LogP contribution in [-0.4, -0.2) is 6.29 Å². The van der Waals surface area contributed by atoms with E-state index < -0.39 is 0 Å². The van der Waals surface area contributed by atoms with Gasteiger partial charge in [-0.05, 0) is 51.0 Å². The molecule has 0 bridgehead atoms. The molecule has 3 aromatic carbocycles. The first-order chi connectivity index (χ1) is 10.2. The highest BCUT2D eigenvalue weighted by atomic mass is 79.9. The maximum Gasteiger partial charge on any atom is 0.153 e. The number of hydrogen-bond acceptors (Lipinski definition) is 2. The van der Waals surface area contributed by atoms with Gasteiger partial charge < -0.3 is 4.74 Å². The van der Waals surface area contributed by atoms with Crippen molar-refractivity contribution in [1.82, 2.24) is 0 Å². The van der Waals surface area contributed by atoms with E-state index in [2.05, 4.69) is 15.9 Å². The zero-order valence-electron chi connectivity index (χ0n) is 10.8. The highest BCUT2D eigenvalue weighted by Gasteiger charge is 2.10. The molecule has 0 aliphatic heterocycles. The number of ether oxygens (including phenoxy) is 1.